The summed E-state index contributed by atoms with van der Waals surface area (Å²) in [5.41, 5.74) is 3.03. The van der Waals surface area contributed by atoms with Crippen LogP contribution in [-0.4, -0.2) is 67.9 Å². The van der Waals surface area contributed by atoms with Crippen molar-refractivity contribution in [1.82, 2.24) is 9.88 Å². The number of alkyl halides is 2. The van der Waals surface area contributed by atoms with Crippen molar-refractivity contribution >= 4 is 83.6 Å². The van der Waals surface area contributed by atoms with E-state index in [1.165, 1.54) is 111 Å². The van der Waals surface area contributed by atoms with Gasteiger partial charge in [-0.1, -0.05) is 152 Å². The van der Waals surface area contributed by atoms with Crippen LogP contribution in [0.15, 0.2) is 164 Å². The Kier molecular flexibility index (Phi) is 17.2. The van der Waals surface area contributed by atoms with Crippen molar-refractivity contribution in [1.29, 1.82) is 0 Å². The molecule has 73 heavy (non-hydrogen) atoms. The van der Waals surface area contributed by atoms with Crippen molar-refractivity contribution < 1.29 is 27.8 Å². The number of rotatable bonds is 17. The summed E-state index contributed by atoms with van der Waals surface area (Å²) in [6, 6.07) is 52.5. The van der Waals surface area contributed by atoms with Crippen molar-refractivity contribution in [3.63, 3.8) is 0 Å². The van der Waals surface area contributed by atoms with Gasteiger partial charge in [-0.15, -0.1) is 0 Å². The average Bonchev–Trinajstić information content (AvgIpc) is 4.08. The number of halogens is 4. The minimum Gasteiger partial charge on any atom is -0.489 e. The van der Waals surface area contributed by atoms with Crippen LogP contribution in [0, 0.1) is 11.8 Å². The van der Waals surface area contributed by atoms with Gasteiger partial charge in [-0.2, -0.15) is 8.78 Å². The molecular weight excluding hydrogens is 962 g/mol. The number of aromatic nitrogens is 1. The third-order valence-electron chi connectivity index (χ3n) is 13.2. The van der Waals surface area contributed by atoms with E-state index in [1.54, 1.807) is 0 Å². The maximum absolute atomic E-state index is 12.6. The lowest BCUT2D eigenvalue weighted by molar-refractivity contribution is -0.0515. The Balaban J connectivity index is 0.000000136. The van der Waals surface area contributed by atoms with Crippen molar-refractivity contribution in [2.24, 2.45) is 11.8 Å². The van der Waals surface area contributed by atoms with E-state index < -0.39 is 12.5 Å². The Morgan fingerprint density at radius 2 is 1.37 bits per heavy atom. The van der Waals surface area contributed by atoms with Gasteiger partial charge in [-0.3, -0.25) is 14.7 Å². The van der Waals surface area contributed by atoms with Gasteiger partial charge in [-0.05, 0) is 136 Å². The molecule has 376 valence electrons. The fraction of sp³-hybridized carbons (Fsp3) is 0.279. The maximum Gasteiger partial charge on any atom is 0.387 e. The summed E-state index contributed by atoms with van der Waals surface area (Å²) in [7, 11) is 0. The smallest absolute Gasteiger partial charge is 0.387 e. The molecule has 8 aromatic carbocycles. The second kappa shape index (κ2) is 24.4. The van der Waals surface area contributed by atoms with Crippen LogP contribution in [0.2, 0.25) is 10.0 Å². The van der Waals surface area contributed by atoms with Gasteiger partial charge in [0.05, 0.1) is 35.0 Å². The number of hydrogen-bond donors (Lipinski definition) is 1. The van der Waals surface area contributed by atoms with Gasteiger partial charge in [0.25, 0.3) is 5.91 Å². The number of benzene rings is 8. The molecule has 8 nitrogen and oxygen atoms in total. The van der Waals surface area contributed by atoms with Crippen LogP contribution in [0.4, 0.5) is 20.2 Å². The molecule has 1 aromatic heterocycles. The van der Waals surface area contributed by atoms with Gasteiger partial charge in [0.15, 0.2) is 11.5 Å². The van der Waals surface area contributed by atoms with E-state index in [0.717, 1.165) is 39.1 Å². The zero-order chi connectivity index (χ0) is 50.7. The molecule has 2 aliphatic rings. The largest absolute Gasteiger partial charge is 0.489 e. The predicted octanol–water partition coefficient (Wildman–Crippen LogP) is 15.6. The average molecular weight is 1020 g/mol. The van der Waals surface area contributed by atoms with E-state index >= 15 is 0 Å². The number of hydrogen-bond acceptors (Lipinski definition) is 7. The van der Waals surface area contributed by atoms with Crippen molar-refractivity contribution in [3.05, 3.63) is 185 Å². The Bertz CT molecular complexity index is 3190. The van der Waals surface area contributed by atoms with Crippen molar-refractivity contribution in [3.8, 4) is 11.5 Å². The molecule has 1 N–H and O–H groups in total. The molecule has 2 heterocycles. The maximum atomic E-state index is 12.6. The number of nitrogens with zero attached hydrogens (tertiary/aromatic N) is 3. The first-order valence-corrected chi connectivity index (χ1v) is 25.9. The number of likely N-dealkylation sites (tertiary alicyclic amines) is 1. The first-order valence-electron chi connectivity index (χ1n) is 25.1. The number of para-hydroxylation sites is 1. The fourth-order valence-electron chi connectivity index (χ4n) is 9.43. The molecule has 9 aromatic rings. The van der Waals surface area contributed by atoms with Crippen LogP contribution in [0.25, 0.3) is 43.1 Å². The van der Waals surface area contributed by atoms with Crippen molar-refractivity contribution in [2.75, 3.05) is 49.7 Å². The van der Waals surface area contributed by atoms with Crippen LogP contribution >= 0.6 is 23.2 Å². The molecule has 11 rings (SSSR count). The number of ether oxygens (including phenoxy) is 3. The highest BCUT2D eigenvalue weighted by Gasteiger charge is 2.26. The lowest BCUT2D eigenvalue weighted by Crippen LogP contribution is -2.45. The van der Waals surface area contributed by atoms with E-state index in [0.29, 0.717) is 24.5 Å². The molecule has 1 saturated heterocycles. The molecule has 12 heteroatoms. The number of nitrogens with one attached hydrogen (secondary N) is 1. The summed E-state index contributed by atoms with van der Waals surface area (Å²) >= 11 is 12.0. The zero-order valence-corrected chi connectivity index (χ0v) is 42.7. The summed E-state index contributed by atoms with van der Waals surface area (Å²) < 4.78 is 41.2. The Morgan fingerprint density at radius 1 is 0.712 bits per heavy atom. The number of anilines is 2. The normalized spacial score (nSPS) is 14.0. The molecule has 1 atom stereocenters. The minimum absolute atomic E-state index is 0.0803. The second-order valence-corrected chi connectivity index (χ2v) is 20.0. The molecule has 1 aliphatic carbocycles. The van der Waals surface area contributed by atoms with E-state index in [-0.39, 0.29) is 32.8 Å². The van der Waals surface area contributed by atoms with Gasteiger partial charge in [0.2, 0.25) is 0 Å². The number of amides is 1. The zero-order valence-electron chi connectivity index (χ0n) is 41.2. The lowest BCUT2D eigenvalue weighted by atomic mass is 9.91. The standard InChI is InChI=1S/C24H34N2O.C20H12.C17H14Cl2F2N2O3/c1-21(2)19-27-20-24(25-15-9-10-16-25)18-26(23-13-7-4-8-14-23)17-22-11-5-3-6-12-22;1-2-7-17-15(4-1)12-16-9-8-13-5-3-6-14-10-11-18(17)20(16)19(13)14;18-11-6-22-7-12(19)15(11)23-16(24)10-3-4-13(26-17(20)21)14(5-10)25-8-9-1-2-9/h3-8,11-14,21,24H,9-10,15-20H2,1-2H3;1-12H;3-7,9,17H,1-2,8H2,(H,22,23,24). The molecule has 1 aliphatic heterocycles. The number of fused-ring (bicyclic) bond motifs is 2. The molecule has 0 bridgehead atoms. The number of carbonyl (C=O) groups excluding carboxylic acids is 1. The summed E-state index contributed by atoms with van der Waals surface area (Å²) in [6.45, 7) is 7.81. The van der Waals surface area contributed by atoms with Crippen LogP contribution < -0.4 is 19.7 Å². The Morgan fingerprint density at radius 3 is 2.07 bits per heavy atom. The predicted molar refractivity (Wildman–Crippen MR) is 295 cm³/mol. The van der Waals surface area contributed by atoms with Crippen LogP contribution in [-0.2, 0) is 11.3 Å². The molecule has 0 spiro atoms. The van der Waals surface area contributed by atoms with E-state index in [4.69, 9.17) is 32.7 Å². The first kappa shape index (κ1) is 51.3. The molecule has 2 fully saturated rings. The molecule has 0 radical (unpaired) electrons. The topological polar surface area (TPSA) is 76.2 Å². The Labute approximate surface area is 436 Å². The van der Waals surface area contributed by atoms with Gasteiger partial charge in [0, 0.05) is 43.3 Å². The Hall–Kier alpha value is -6.56. The van der Waals surface area contributed by atoms with E-state index in [9.17, 15) is 13.6 Å². The van der Waals surface area contributed by atoms with Gasteiger partial charge in [-0.25, -0.2) is 0 Å². The van der Waals surface area contributed by atoms with Gasteiger partial charge >= 0.3 is 6.61 Å². The lowest BCUT2D eigenvalue weighted by Gasteiger charge is -2.34. The number of pyridine rings is 1. The quantitative estimate of drug-likeness (QED) is 0.0719. The molecule has 1 unspecified atom stereocenters. The minimum atomic E-state index is -2.99. The molecular formula is C61H60Cl2F2N4O4. The highest BCUT2D eigenvalue weighted by atomic mass is 35.5. The third-order valence-corrected chi connectivity index (χ3v) is 13.8. The summed E-state index contributed by atoms with van der Waals surface area (Å²) in [5.74, 6) is 0.411. The van der Waals surface area contributed by atoms with Crippen LogP contribution in [0.3, 0.4) is 0 Å². The first-order chi connectivity index (χ1) is 35.6. The third kappa shape index (κ3) is 13.4. The molecule has 1 amide bonds. The summed E-state index contributed by atoms with van der Waals surface area (Å²) in [4.78, 5) is 21.4. The van der Waals surface area contributed by atoms with Crippen molar-refractivity contribution in [2.45, 2.75) is 58.7 Å². The monoisotopic (exact) mass is 1020 g/mol. The highest BCUT2D eigenvalue weighted by molar-refractivity contribution is 6.39. The van der Waals surface area contributed by atoms with E-state index in [1.807, 2.05) is 0 Å². The highest BCUT2D eigenvalue weighted by Crippen LogP contribution is 2.39. The SMILES string of the molecule is CC(C)COCC(CN(Cc1ccccc1)c1ccccc1)N1CCCC1.O=C(Nc1c(Cl)cncc1Cl)c1ccc(OC(F)F)c(OCC2CC2)c1.c1ccc2c(c1)cc1ccc3cccc4ccc2c1c34. The number of carbonyl (C=O) groups is 1. The fourth-order valence-corrected chi connectivity index (χ4v) is 9.89. The van der Waals surface area contributed by atoms with Crippen LogP contribution in [0.1, 0.15) is 55.5 Å². The summed E-state index contributed by atoms with van der Waals surface area (Å²) in [5, 5.41) is 13.7. The van der Waals surface area contributed by atoms with Gasteiger partial charge in [0.1, 0.15) is 0 Å². The molecule has 1 saturated carbocycles. The van der Waals surface area contributed by atoms with Gasteiger partial charge < -0.3 is 24.4 Å². The van der Waals surface area contributed by atoms with Crippen LogP contribution in [0.5, 0.6) is 11.5 Å². The second-order valence-electron chi connectivity index (χ2n) is 19.2. The van der Waals surface area contributed by atoms with E-state index in [2.05, 4.69) is 172 Å². The summed E-state index contributed by atoms with van der Waals surface area (Å²) in [6.07, 6.45) is 7.36.